The van der Waals surface area contributed by atoms with Crippen LogP contribution in [0.15, 0.2) is 42.5 Å². The molecule has 2 aromatic carbocycles. The van der Waals surface area contributed by atoms with Gasteiger partial charge < -0.3 is 14.8 Å². The van der Waals surface area contributed by atoms with E-state index < -0.39 is 0 Å². The number of benzene rings is 2. The molecular weight excluding hydrogens is 290 g/mol. The van der Waals surface area contributed by atoms with E-state index >= 15 is 0 Å². The largest absolute Gasteiger partial charge is 0.494 e. The Morgan fingerprint density at radius 3 is 2.43 bits per heavy atom. The molecule has 1 amide bonds. The molecule has 0 saturated heterocycles. The highest BCUT2D eigenvalue weighted by Gasteiger charge is 2.06. The molecule has 2 aromatic rings. The molecule has 0 aliphatic heterocycles. The molecule has 0 aliphatic rings. The van der Waals surface area contributed by atoms with E-state index in [0.29, 0.717) is 18.9 Å². The second-order valence-electron chi connectivity index (χ2n) is 5.43. The van der Waals surface area contributed by atoms with E-state index in [1.807, 2.05) is 57.2 Å². The summed E-state index contributed by atoms with van der Waals surface area (Å²) >= 11 is 0. The van der Waals surface area contributed by atoms with Crippen molar-refractivity contribution in [1.29, 1.82) is 0 Å². The van der Waals surface area contributed by atoms with Crippen LogP contribution in [0.25, 0.3) is 0 Å². The summed E-state index contributed by atoms with van der Waals surface area (Å²) in [6, 6.07) is 13.6. The van der Waals surface area contributed by atoms with E-state index in [4.69, 9.17) is 9.47 Å². The molecule has 0 atom stereocenters. The topological polar surface area (TPSA) is 47.6 Å². The van der Waals surface area contributed by atoms with Crippen molar-refractivity contribution in [1.82, 2.24) is 5.32 Å². The number of rotatable bonds is 7. The van der Waals surface area contributed by atoms with Crippen LogP contribution in [-0.2, 0) is 11.3 Å². The van der Waals surface area contributed by atoms with Gasteiger partial charge in [0.05, 0.1) is 6.61 Å². The van der Waals surface area contributed by atoms with Gasteiger partial charge in [0.2, 0.25) is 0 Å². The first-order valence-electron chi connectivity index (χ1n) is 7.77. The number of carbonyl (C=O) groups excluding carboxylic acids is 1. The number of hydrogen-bond donors (Lipinski definition) is 1. The average molecular weight is 313 g/mol. The van der Waals surface area contributed by atoms with Gasteiger partial charge in [0, 0.05) is 12.1 Å². The van der Waals surface area contributed by atoms with Gasteiger partial charge in [0.15, 0.2) is 6.61 Å². The predicted octanol–water partition coefficient (Wildman–Crippen LogP) is 3.40. The third-order valence-electron chi connectivity index (χ3n) is 3.31. The summed E-state index contributed by atoms with van der Waals surface area (Å²) in [5.74, 6) is 1.35. The minimum Gasteiger partial charge on any atom is -0.494 e. The molecule has 0 heterocycles. The van der Waals surface area contributed by atoms with Crippen LogP contribution in [-0.4, -0.2) is 19.1 Å². The maximum absolute atomic E-state index is 12.0. The Kier molecular flexibility index (Phi) is 6.03. The quantitative estimate of drug-likeness (QED) is 0.852. The van der Waals surface area contributed by atoms with Crippen molar-refractivity contribution in [2.24, 2.45) is 0 Å². The monoisotopic (exact) mass is 313 g/mol. The van der Waals surface area contributed by atoms with Crippen LogP contribution in [0.4, 0.5) is 0 Å². The predicted molar refractivity (Wildman–Crippen MR) is 90.9 cm³/mol. The Morgan fingerprint density at radius 1 is 1.04 bits per heavy atom. The van der Waals surface area contributed by atoms with Crippen molar-refractivity contribution in [3.05, 3.63) is 59.2 Å². The van der Waals surface area contributed by atoms with Gasteiger partial charge in [-0.15, -0.1) is 0 Å². The van der Waals surface area contributed by atoms with Gasteiger partial charge in [-0.1, -0.05) is 24.3 Å². The number of nitrogens with one attached hydrogen (secondary N) is 1. The SMILES string of the molecule is CCOc1ccccc1CNC(=O)COc1cc(C)cc(C)c1. The summed E-state index contributed by atoms with van der Waals surface area (Å²) in [6.07, 6.45) is 0. The third-order valence-corrected chi connectivity index (χ3v) is 3.31. The summed E-state index contributed by atoms with van der Waals surface area (Å²) in [7, 11) is 0. The smallest absolute Gasteiger partial charge is 0.258 e. The lowest BCUT2D eigenvalue weighted by Crippen LogP contribution is -2.28. The molecule has 0 aliphatic carbocycles. The zero-order valence-corrected chi connectivity index (χ0v) is 13.9. The molecule has 0 bridgehead atoms. The molecule has 0 saturated carbocycles. The molecule has 2 rings (SSSR count). The third kappa shape index (κ3) is 5.33. The number of para-hydroxylation sites is 1. The van der Waals surface area contributed by atoms with Crippen LogP contribution >= 0.6 is 0 Å². The van der Waals surface area contributed by atoms with Gasteiger partial charge in [-0.3, -0.25) is 4.79 Å². The van der Waals surface area contributed by atoms with Crippen LogP contribution < -0.4 is 14.8 Å². The Bertz CT molecular complexity index is 647. The van der Waals surface area contributed by atoms with Gasteiger partial charge in [0.1, 0.15) is 11.5 Å². The normalized spacial score (nSPS) is 10.2. The standard InChI is InChI=1S/C19H23NO3/c1-4-22-18-8-6-5-7-16(18)12-20-19(21)13-23-17-10-14(2)9-15(3)11-17/h5-11H,4,12-13H2,1-3H3,(H,20,21). The van der Waals surface area contributed by atoms with Crippen LogP contribution in [0.5, 0.6) is 11.5 Å². The van der Waals surface area contributed by atoms with E-state index in [1.165, 1.54) is 0 Å². The Balaban J connectivity index is 1.86. The minimum atomic E-state index is -0.157. The molecule has 0 spiro atoms. The van der Waals surface area contributed by atoms with Crippen LogP contribution in [0.1, 0.15) is 23.6 Å². The number of aryl methyl sites for hydroxylation is 2. The number of ether oxygens (including phenoxy) is 2. The summed E-state index contributed by atoms with van der Waals surface area (Å²) in [6.45, 7) is 6.97. The maximum Gasteiger partial charge on any atom is 0.258 e. The van der Waals surface area contributed by atoms with Gasteiger partial charge >= 0.3 is 0 Å². The first-order chi connectivity index (χ1) is 11.1. The van der Waals surface area contributed by atoms with E-state index in [9.17, 15) is 4.79 Å². The van der Waals surface area contributed by atoms with Crippen molar-refractivity contribution in [2.75, 3.05) is 13.2 Å². The summed E-state index contributed by atoms with van der Waals surface area (Å²) in [5.41, 5.74) is 3.19. The van der Waals surface area contributed by atoms with E-state index in [1.54, 1.807) is 0 Å². The fourth-order valence-corrected chi connectivity index (χ4v) is 2.36. The summed E-state index contributed by atoms with van der Waals surface area (Å²) < 4.78 is 11.1. The lowest BCUT2D eigenvalue weighted by atomic mass is 10.1. The lowest BCUT2D eigenvalue weighted by molar-refractivity contribution is -0.123. The van der Waals surface area contributed by atoms with Gasteiger partial charge in [0.25, 0.3) is 5.91 Å². The van der Waals surface area contributed by atoms with Crippen LogP contribution in [0.3, 0.4) is 0 Å². The second-order valence-corrected chi connectivity index (χ2v) is 5.43. The Hall–Kier alpha value is -2.49. The number of carbonyl (C=O) groups is 1. The first kappa shape index (κ1) is 16.9. The molecule has 4 nitrogen and oxygen atoms in total. The highest BCUT2D eigenvalue weighted by Crippen LogP contribution is 2.18. The molecule has 122 valence electrons. The van der Waals surface area contributed by atoms with E-state index in [0.717, 1.165) is 22.4 Å². The fraction of sp³-hybridized carbons (Fsp3) is 0.316. The molecule has 23 heavy (non-hydrogen) atoms. The summed E-state index contributed by atoms with van der Waals surface area (Å²) in [5, 5.41) is 2.85. The highest BCUT2D eigenvalue weighted by molar-refractivity contribution is 5.77. The van der Waals surface area contributed by atoms with Gasteiger partial charge in [-0.05, 0) is 50.1 Å². The van der Waals surface area contributed by atoms with E-state index in [2.05, 4.69) is 11.4 Å². The van der Waals surface area contributed by atoms with Crippen molar-refractivity contribution >= 4 is 5.91 Å². The number of amides is 1. The van der Waals surface area contributed by atoms with Crippen molar-refractivity contribution < 1.29 is 14.3 Å². The first-order valence-corrected chi connectivity index (χ1v) is 7.77. The number of hydrogen-bond acceptors (Lipinski definition) is 3. The molecule has 0 unspecified atom stereocenters. The average Bonchev–Trinajstić information content (AvgIpc) is 2.51. The van der Waals surface area contributed by atoms with Crippen LogP contribution in [0, 0.1) is 13.8 Å². The zero-order chi connectivity index (χ0) is 16.7. The molecule has 1 N–H and O–H groups in total. The Morgan fingerprint density at radius 2 is 1.74 bits per heavy atom. The molecule has 0 radical (unpaired) electrons. The second kappa shape index (κ2) is 8.22. The molecule has 4 heteroatoms. The molecular formula is C19H23NO3. The Labute approximate surface area is 137 Å². The summed E-state index contributed by atoms with van der Waals surface area (Å²) in [4.78, 5) is 12.0. The minimum absolute atomic E-state index is 0.000302. The van der Waals surface area contributed by atoms with Gasteiger partial charge in [-0.2, -0.15) is 0 Å². The van der Waals surface area contributed by atoms with Crippen molar-refractivity contribution in [3.8, 4) is 11.5 Å². The van der Waals surface area contributed by atoms with Crippen molar-refractivity contribution in [3.63, 3.8) is 0 Å². The molecule has 0 aromatic heterocycles. The zero-order valence-electron chi connectivity index (χ0n) is 13.9. The fourth-order valence-electron chi connectivity index (χ4n) is 2.36. The highest BCUT2D eigenvalue weighted by atomic mass is 16.5. The van der Waals surface area contributed by atoms with E-state index in [-0.39, 0.29) is 12.5 Å². The molecule has 0 fully saturated rings. The van der Waals surface area contributed by atoms with Crippen molar-refractivity contribution in [2.45, 2.75) is 27.3 Å². The maximum atomic E-state index is 12.0. The van der Waals surface area contributed by atoms with Crippen LogP contribution in [0.2, 0.25) is 0 Å². The van der Waals surface area contributed by atoms with Gasteiger partial charge in [-0.25, -0.2) is 0 Å². The lowest BCUT2D eigenvalue weighted by Gasteiger charge is -2.12.